The number of hydrogen-bond donors (Lipinski definition) is 2. The Bertz CT molecular complexity index is 493. The Morgan fingerprint density at radius 1 is 1.50 bits per heavy atom. The molecule has 0 aliphatic carbocycles. The highest BCUT2D eigenvalue weighted by atomic mass is 16.1. The third-order valence-electron chi connectivity index (χ3n) is 3.63. The molecule has 0 saturated heterocycles. The van der Waals surface area contributed by atoms with E-state index in [1.165, 1.54) is 5.56 Å². The van der Waals surface area contributed by atoms with Crippen molar-refractivity contribution in [3.8, 4) is 0 Å². The maximum atomic E-state index is 11.6. The van der Waals surface area contributed by atoms with Gasteiger partial charge < -0.3 is 10.6 Å². The van der Waals surface area contributed by atoms with E-state index in [9.17, 15) is 4.79 Å². The van der Waals surface area contributed by atoms with E-state index in [-0.39, 0.29) is 11.4 Å². The third-order valence-corrected chi connectivity index (χ3v) is 3.63. The zero-order valence-corrected chi connectivity index (χ0v) is 11.2. The van der Waals surface area contributed by atoms with Gasteiger partial charge in [0.1, 0.15) is 0 Å². The molecule has 1 aliphatic rings. The summed E-state index contributed by atoms with van der Waals surface area (Å²) in [5.74, 6) is -0.0762. The van der Waals surface area contributed by atoms with Crippen molar-refractivity contribution in [2.24, 2.45) is 0 Å². The van der Waals surface area contributed by atoms with Gasteiger partial charge >= 0.3 is 0 Å². The van der Waals surface area contributed by atoms with Crippen LogP contribution in [0.25, 0.3) is 5.70 Å². The van der Waals surface area contributed by atoms with Gasteiger partial charge in [-0.3, -0.25) is 4.79 Å². The molecule has 1 amide bonds. The van der Waals surface area contributed by atoms with Crippen molar-refractivity contribution in [2.45, 2.75) is 32.2 Å². The van der Waals surface area contributed by atoms with Crippen molar-refractivity contribution in [1.82, 2.24) is 10.6 Å². The molecule has 0 radical (unpaired) electrons. The lowest BCUT2D eigenvalue weighted by Gasteiger charge is -2.38. The molecule has 1 atom stereocenters. The van der Waals surface area contributed by atoms with Crippen LogP contribution in [0.3, 0.4) is 0 Å². The lowest BCUT2D eigenvalue weighted by molar-refractivity contribution is -0.116. The second kappa shape index (κ2) is 4.84. The van der Waals surface area contributed by atoms with E-state index in [4.69, 9.17) is 0 Å². The molecule has 0 unspecified atom stereocenters. The first-order valence-corrected chi connectivity index (χ1v) is 6.38. The predicted molar refractivity (Wildman–Crippen MR) is 74.0 cm³/mol. The van der Waals surface area contributed by atoms with Gasteiger partial charge in [0.05, 0.1) is 0 Å². The molecule has 3 heteroatoms. The Morgan fingerprint density at radius 3 is 2.89 bits per heavy atom. The van der Waals surface area contributed by atoms with E-state index in [1.807, 2.05) is 6.07 Å². The molecule has 0 spiro atoms. The summed E-state index contributed by atoms with van der Waals surface area (Å²) in [5, 5.41) is 6.13. The number of rotatable bonds is 2. The van der Waals surface area contributed by atoms with Crippen LogP contribution in [-0.4, -0.2) is 18.5 Å². The summed E-state index contributed by atoms with van der Waals surface area (Å²) in [7, 11) is 1.65. The van der Waals surface area contributed by atoms with Gasteiger partial charge in [0.15, 0.2) is 0 Å². The van der Waals surface area contributed by atoms with Crippen LogP contribution in [0, 0.1) is 0 Å². The van der Waals surface area contributed by atoms with Crippen LogP contribution in [0.4, 0.5) is 0 Å². The van der Waals surface area contributed by atoms with E-state index in [2.05, 4.69) is 42.7 Å². The van der Waals surface area contributed by atoms with Crippen LogP contribution in [0.15, 0.2) is 30.3 Å². The van der Waals surface area contributed by atoms with Gasteiger partial charge in [0.25, 0.3) is 0 Å². The molecule has 0 saturated carbocycles. The van der Waals surface area contributed by atoms with Crippen molar-refractivity contribution < 1.29 is 4.79 Å². The summed E-state index contributed by atoms with van der Waals surface area (Å²) >= 11 is 0. The zero-order valence-electron chi connectivity index (χ0n) is 11.2. The molecular weight excluding hydrogens is 224 g/mol. The Hall–Kier alpha value is -1.77. The number of likely N-dealkylation sites (N-methyl/N-ethyl adjacent to an activating group) is 1. The molecule has 1 heterocycles. The quantitative estimate of drug-likeness (QED) is 0.782. The van der Waals surface area contributed by atoms with Crippen molar-refractivity contribution >= 4 is 11.6 Å². The fourth-order valence-corrected chi connectivity index (χ4v) is 2.32. The van der Waals surface area contributed by atoms with Crippen molar-refractivity contribution in [1.29, 1.82) is 0 Å². The number of carbonyl (C=O) groups excluding carboxylic acids is 1. The molecule has 0 aromatic heterocycles. The summed E-state index contributed by atoms with van der Waals surface area (Å²) < 4.78 is 0. The molecule has 0 fully saturated rings. The van der Waals surface area contributed by atoms with Gasteiger partial charge in [-0.25, -0.2) is 0 Å². The molecule has 1 aliphatic heterocycles. The van der Waals surface area contributed by atoms with Gasteiger partial charge in [-0.1, -0.05) is 31.2 Å². The largest absolute Gasteiger partial charge is 0.379 e. The van der Waals surface area contributed by atoms with E-state index < -0.39 is 0 Å². The van der Waals surface area contributed by atoms with Gasteiger partial charge in [0, 0.05) is 29.9 Å². The average molecular weight is 244 g/mol. The minimum absolute atomic E-state index is 0.0220. The lowest BCUT2D eigenvalue weighted by atomic mass is 9.83. The molecule has 2 N–H and O–H groups in total. The molecule has 3 nitrogen and oxygen atoms in total. The van der Waals surface area contributed by atoms with E-state index in [0.717, 1.165) is 24.1 Å². The summed E-state index contributed by atoms with van der Waals surface area (Å²) in [4.78, 5) is 11.6. The standard InChI is InChI=1S/C15H20N2O/c1-4-15(2)10-11-7-5-6-8-12(11)13(17-15)9-14(18)16-3/h5-9,17H,4,10H2,1-3H3,(H,16,18)/b13-9-/t15-/m0/s1. The molecule has 1 aromatic carbocycles. The van der Waals surface area contributed by atoms with Gasteiger partial charge in [0.2, 0.25) is 5.91 Å². The fourth-order valence-electron chi connectivity index (χ4n) is 2.32. The van der Waals surface area contributed by atoms with Crippen LogP contribution in [0.5, 0.6) is 0 Å². The minimum Gasteiger partial charge on any atom is -0.379 e. The Labute approximate surface area is 108 Å². The molecular formula is C15H20N2O. The average Bonchev–Trinajstić information content (AvgIpc) is 2.38. The predicted octanol–water partition coefficient (Wildman–Crippen LogP) is 2.09. The summed E-state index contributed by atoms with van der Waals surface area (Å²) in [6.45, 7) is 4.36. The molecule has 18 heavy (non-hydrogen) atoms. The number of benzene rings is 1. The molecule has 0 bridgehead atoms. The topological polar surface area (TPSA) is 41.1 Å². The second-order valence-corrected chi connectivity index (χ2v) is 5.05. The normalized spacial score (nSPS) is 24.3. The first-order valence-electron chi connectivity index (χ1n) is 6.38. The summed E-state index contributed by atoms with van der Waals surface area (Å²) in [5.41, 5.74) is 3.37. The molecule has 96 valence electrons. The van der Waals surface area contributed by atoms with Crippen molar-refractivity contribution in [3.63, 3.8) is 0 Å². The third kappa shape index (κ3) is 2.40. The van der Waals surface area contributed by atoms with E-state index in [1.54, 1.807) is 13.1 Å². The molecule has 2 rings (SSSR count). The Balaban J connectivity index is 2.46. The highest BCUT2D eigenvalue weighted by molar-refractivity contribution is 5.95. The maximum absolute atomic E-state index is 11.6. The highest BCUT2D eigenvalue weighted by Gasteiger charge is 2.30. The number of nitrogens with one attached hydrogen (secondary N) is 2. The first kappa shape index (κ1) is 12.7. The number of hydrogen-bond acceptors (Lipinski definition) is 2. The minimum atomic E-state index is -0.0762. The lowest BCUT2D eigenvalue weighted by Crippen LogP contribution is -2.46. The van der Waals surface area contributed by atoms with Crippen LogP contribution >= 0.6 is 0 Å². The fraction of sp³-hybridized carbons (Fsp3) is 0.400. The van der Waals surface area contributed by atoms with Crippen LogP contribution in [-0.2, 0) is 11.2 Å². The van der Waals surface area contributed by atoms with Crippen molar-refractivity contribution in [3.05, 3.63) is 41.5 Å². The second-order valence-electron chi connectivity index (χ2n) is 5.05. The summed E-state index contributed by atoms with van der Waals surface area (Å²) in [6, 6.07) is 8.26. The van der Waals surface area contributed by atoms with Gasteiger partial charge in [-0.15, -0.1) is 0 Å². The van der Waals surface area contributed by atoms with Gasteiger partial charge in [-0.05, 0) is 25.3 Å². The number of carbonyl (C=O) groups is 1. The Morgan fingerprint density at radius 2 is 2.22 bits per heavy atom. The Kier molecular flexibility index (Phi) is 3.41. The van der Waals surface area contributed by atoms with E-state index >= 15 is 0 Å². The van der Waals surface area contributed by atoms with Crippen LogP contribution in [0.1, 0.15) is 31.4 Å². The first-order chi connectivity index (χ1) is 8.58. The van der Waals surface area contributed by atoms with Crippen molar-refractivity contribution in [2.75, 3.05) is 7.05 Å². The van der Waals surface area contributed by atoms with Crippen LogP contribution in [0.2, 0.25) is 0 Å². The molecule has 1 aromatic rings. The SMILES string of the molecule is CC[C@@]1(C)Cc2ccccc2/C(=C/C(=O)NC)N1. The summed E-state index contributed by atoms with van der Waals surface area (Å²) in [6.07, 6.45) is 3.66. The number of fused-ring (bicyclic) bond motifs is 1. The van der Waals surface area contributed by atoms with Crippen LogP contribution < -0.4 is 10.6 Å². The maximum Gasteiger partial charge on any atom is 0.245 e. The smallest absolute Gasteiger partial charge is 0.245 e. The van der Waals surface area contributed by atoms with E-state index in [0.29, 0.717) is 0 Å². The zero-order chi connectivity index (χ0) is 13.2. The number of amides is 1. The highest BCUT2D eigenvalue weighted by Crippen LogP contribution is 2.31. The van der Waals surface area contributed by atoms with Gasteiger partial charge in [-0.2, -0.15) is 0 Å². The monoisotopic (exact) mass is 244 g/mol.